The Morgan fingerprint density at radius 2 is 1.94 bits per heavy atom. The van der Waals surface area contributed by atoms with Crippen LogP contribution in [-0.2, 0) is 10.0 Å². The zero-order chi connectivity index (χ0) is 23.2. The topological polar surface area (TPSA) is 96.7 Å². The van der Waals surface area contributed by atoms with Crippen molar-refractivity contribution in [1.29, 1.82) is 0 Å². The molecule has 1 aromatic carbocycles. The van der Waals surface area contributed by atoms with Gasteiger partial charge < -0.3 is 4.90 Å². The monoisotopic (exact) mass is 515 g/mol. The Morgan fingerprint density at radius 1 is 1.19 bits per heavy atom. The highest BCUT2D eigenvalue weighted by Crippen LogP contribution is 2.35. The molecule has 1 amide bonds. The van der Waals surface area contributed by atoms with Crippen LogP contribution in [0.5, 0.6) is 0 Å². The van der Waals surface area contributed by atoms with E-state index in [4.69, 9.17) is 34.8 Å². The van der Waals surface area contributed by atoms with Gasteiger partial charge in [0.25, 0.3) is 5.91 Å². The van der Waals surface area contributed by atoms with Crippen LogP contribution in [0.1, 0.15) is 46.9 Å². The van der Waals surface area contributed by atoms with E-state index >= 15 is 0 Å². The van der Waals surface area contributed by atoms with Gasteiger partial charge in [-0.05, 0) is 44.4 Å². The average molecular weight is 517 g/mol. The molecule has 2 aromatic heterocycles. The van der Waals surface area contributed by atoms with Gasteiger partial charge in [-0.2, -0.15) is 5.10 Å². The molecule has 12 heteroatoms. The maximum atomic E-state index is 13.6. The predicted molar refractivity (Wildman–Crippen MR) is 125 cm³/mol. The number of halogens is 3. The van der Waals surface area contributed by atoms with Gasteiger partial charge in [-0.1, -0.05) is 34.8 Å². The SMILES string of the molecule is Cc1c(Cl)nc2cc([C@@H]3CCCCN3C(=O)c3cc(Cl)ccc3NS(C)(=O)=O)nn2c1Cl. The summed E-state index contributed by atoms with van der Waals surface area (Å²) in [5.41, 5.74) is 2.08. The van der Waals surface area contributed by atoms with Crippen LogP contribution in [0.2, 0.25) is 15.3 Å². The van der Waals surface area contributed by atoms with Gasteiger partial charge in [-0.25, -0.2) is 17.9 Å². The molecular formula is C20H20Cl3N5O3S. The van der Waals surface area contributed by atoms with Gasteiger partial charge in [0, 0.05) is 23.2 Å². The average Bonchev–Trinajstić information content (AvgIpc) is 3.16. The van der Waals surface area contributed by atoms with E-state index in [0.717, 1.165) is 19.1 Å². The third-order valence-corrected chi connectivity index (χ3v) is 6.98. The van der Waals surface area contributed by atoms with Crippen molar-refractivity contribution in [3.8, 4) is 0 Å². The van der Waals surface area contributed by atoms with Crippen molar-refractivity contribution in [2.45, 2.75) is 32.2 Å². The van der Waals surface area contributed by atoms with E-state index in [0.29, 0.717) is 45.2 Å². The number of likely N-dealkylation sites (tertiary alicyclic amines) is 1. The quantitative estimate of drug-likeness (QED) is 0.505. The fraction of sp³-hybridized carbons (Fsp3) is 0.350. The summed E-state index contributed by atoms with van der Waals surface area (Å²) in [6.07, 6.45) is 3.44. The van der Waals surface area contributed by atoms with Gasteiger partial charge in [-0.15, -0.1) is 0 Å². The van der Waals surface area contributed by atoms with Crippen molar-refractivity contribution in [2.24, 2.45) is 0 Å². The van der Waals surface area contributed by atoms with E-state index < -0.39 is 10.0 Å². The first-order valence-corrected chi connectivity index (χ1v) is 12.9. The Balaban J connectivity index is 1.75. The summed E-state index contributed by atoms with van der Waals surface area (Å²) in [4.78, 5) is 19.6. The molecule has 0 spiro atoms. The van der Waals surface area contributed by atoms with Crippen molar-refractivity contribution < 1.29 is 13.2 Å². The summed E-state index contributed by atoms with van der Waals surface area (Å²) in [6, 6.07) is 5.91. The van der Waals surface area contributed by atoms with Crippen LogP contribution in [0.3, 0.4) is 0 Å². The lowest BCUT2D eigenvalue weighted by molar-refractivity contribution is 0.0607. The van der Waals surface area contributed by atoms with Gasteiger partial charge in [0.1, 0.15) is 10.3 Å². The predicted octanol–water partition coefficient (Wildman–Crippen LogP) is 4.74. The number of nitrogens with zero attached hydrogens (tertiary/aromatic N) is 4. The zero-order valence-electron chi connectivity index (χ0n) is 17.3. The van der Waals surface area contributed by atoms with E-state index in [9.17, 15) is 13.2 Å². The van der Waals surface area contributed by atoms with Crippen LogP contribution in [0.4, 0.5) is 5.69 Å². The van der Waals surface area contributed by atoms with Crippen LogP contribution in [0, 0.1) is 6.92 Å². The first-order valence-electron chi connectivity index (χ1n) is 9.85. The number of benzene rings is 1. The molecule has 1 aliphatic heterocycles. The number of hydrogen-bond acceptors (Lipinski definition) is 5. The number of carbonyl (C=O) groups is 1. The Kier molecular flexibility index (Phi) is 6.28. The summed E-state index contributed by atoms with van der Waals surface area (Å²) in [5, 5.41) is 5.57. The highest BCUT2D eigenvalue weighted by Gasteiger charge is 2.32. The van der Waals surface area contributed by atoms with Gasteiger partial charge in [0.15, 0.2) is 5.65 Å². The molecule has 3 heterocycles. The van der Waals surface area contributed by atoms with Crippen LogP contribution in [0.25, 0.3) is 5.65 Å². The number of piperidine rings is 1. The van der Waals surface area contributed by atoms with Gasteiger partial charge in [-0.3, -0.25) is 9.52 Å². The molecule has 170 valence electrons. The van der Waals surface area contributed by atoms with Crippen molar-refractivity contribution in [1.82, 2.24) is 19.5 Å². The van der Waals surface area contributed by atoms with Crippen molar-refractivity contribution in [2.75, 3.05) is 17.5 Å². The zero-order valence-corrected chi connectivity index (χ0v) is 20.4. The minimum Gasteiger partial charge on any atom is -0.330 e. The van der Waals surface area contributed by atoms with Crippen LogP contribution < -0.4 is 4.72 Å². The smallest absolute Gasteiger partial charge is 0.256 e. The van der Waals surface area contributed by atoms with Crippen molar-refractivity contribution in [3.05, 3.63) is 56.4 Å². The third-order valence-electron chi connectivity index (χ3n) is 5.34. The summed E-state index contributed by atoms with van der Waals surface area (Å²) in [5.74, 6) is -0.339. The third kappa shape index (κ3) is 4.52. The first-order chi connectivity index (χ1) is 15.0. The van der Waals surface area contributed by atoms with Gasteiger partial charge in [0.05, 0.1) is 29.2 Å². The molecule has 1 fully saturated rings. The Labute approximate surface area is 200 Å². The molecule has 1 saturated heterocycles. The minimum absolute atomic E-state index is 0.174. The molecule has 1 atom stereocenters. The molecule has 32 heavy (non-hydrogen) atoms. The lowest BCUT2D eigenvalue weighted by Gasteiger charge is -2.35. The molecule has 1 N–H and O–H groups in total. The number of carbonyl (C=O) groups excluding carboxylic acids is 1. The second-order valence-electron chi connectivity index (χ2n) is 7.73. The number of fused-ring (bicyclic) bond motifs is 1. The Bertz CT molecular complexity index is 1330. The van der Waals surface area contributed by atoms with E-state index in [1.54, 1.807) is 17.9 Å². The molecule has 0 bridgehead atoms. The van der Waals surface area contributed by atoms with E-state index in [-0.39, 0.29) is 23.2 Å². The number of anilines is 1. The summed E-state index contributed by atoms with van der Waals surface area (Å²) in [7, 11) is -3.59. The Morgan fingerprint density at radius 3 is 2.66 bits per heavy atom. The van der Waals surface area contributed by atoms with E-state index in [2.05, 4.69) is 14.8 Å². The molecule has 0 radical (unpaired) electrons. The normalized spacial score (nSPS) is 17.0. The first kappa shape index (κ1) is 23.1. The highest BCUT2D eigenvalue weighted by molar-refractivity contribution is 7.92. The van der Waals surface area contributed by atoms with Crippen LogP contribution >= 0.6 is 34.8 Å². The molecule has 0 unspecified atom stereocenters. The maximum absolute atomic E-state index is 13.6. The largest absolute Gasteiger partial charge is 0.330 e. The molecule has 1 aliphatic rings. The van der Waals surface area contributed by atoms with Gasteiger partial charge >= 0.3 is 0 Å². The number of hydrogen-bond donors (Lipinski definition) is 1. The standard InChI is InChI=1S/C20H20Cl3N5O3S/c1-11-18(22)24-17-10-15(25-28(17)19(11)23)16-5-3-4-8-27(16)20(29)13-9-12(21)6-7-14(13)26-32(2,30)31/h6-7,9-10,16,26H,3-5,8H2,1-2H3/t16-/m0/s1. The lowest BCUT2D eigenvalue weighted by Crippen LogP contribution is -2.39. The van der Waals surface area contributed by atoms with E-state index in [1.165, 1.54) is 22.7 Å². The lowest BCUT2D eigenvalue weighted by atomic mass is 9.98. The highest BCUT2D eigenvalue weighted by atomic mass is 35.5. The molecule has 0 saturated carbocycles. The number of nitrogens with one attached hydrogen (secondary N) is 1. The minimum atomic E-state index is -3.59. The fourth-order valence-electron chi connectivity index (χ4n) is 3.82. The maximum Gasteiger partial charge on any atom is 0.256 e. The molecule has 0 aliphatic carbocycles. The fourth-order valence-corrected chi connectivity index (χ4v) is 5.01. The van der Waals surface area contributed by atoms with Crippen molar-refractivity contribution in [3.63, 3.8) is 0 Å². The Hall–Kier alpha value is -2.07. The second-order valence-corrected chi connectivity index (χ2v) is 10.6. The summed E-state index contributed by atoms with van der Waals surface area (Å²) < 4.78 is 27.5. The molecule has 4 rings (SSSR count). The second kappa shape index (κ2) is 8.70. The number of aromatic nitrogens is 3. The van der Waals surface area contributed by atoms with Crippen LogP contribution in [-0.4, -0.2) is 46.6 Å². The van der Waals surface area contributed by atoms with Crippen LogP contribution in [0.15, 0.2) is 24.3 Å². The number of sulfonamides is 1. The molecule has 3 aromatic rings. The number of rotatable bonds is 4. The summed E-state index contributed by atoms with van der Waals surface area (Å²) >= 11 is 18.7. The van der Waals surface area contributed by atoms with E-state index in [1.807, 2.05) is 0 Å². The number of amides is 1. The molecule has 8 nitrogen and oxygen atoms in total. The summed E-state index contributed by atoms with van der Waals surface area (Å²) in [6.45, 7) is 2.24. The van der Waals surface area contributed by atoms with Crippen molar-refractivity contribution >= 4 is 62.1 Å². The van der Waals surface area contributed by atoms with Gasteiger partial charge in [0.2, 0.25) is 10.0 Å². The molecular weight excluding hydrogens is 497 g/mol.